The summed E-state index contributed by atoms with van der Waals surface area (Å²) in [5, 5.41) is 30.0. The Morgan fingerprint density at radius 3 is 2.64 bits per heavy atom. The number of aliphatic hydroxyl groups excluding tert-OH is 3. The van der Waals surface area contributed by atoms with E-state index in [0.717, 1.165) is 0 Å². The number of rotatable bonds is 2. The van der Waals surface area contributed by atoms with E-state index in [-0.39, 0.29) is 0 Å². The van der Waals surface area contributed by atoms with Crippen LogP contribution in [0.2, 0.25) is 0 Å². The molecule has 1 aliphatic rings. The minimum Gasteiger partial charge on any atom is -0.394 e. The zero-order valence-corrected chi connectivity index (χ0v) is 7.06. The number of alkyl halides is 1. The maximum atomic E-state index is 13.1. The minimum absolute atomic E-state index is 0.595. The molecular weight excluding hydrogens is 197 g/mol. The first kappa shape index (κ1) is 11.2. The van der Waals surface area contributed by atoms with E-state index in [1.807, 2.05) is 0 Å². The monoisotopic (exact) mass is 207 g/mol. The fourth-order valence-electron chi connectivity index (χ4n) is 1.25. The van der Waals surface area contributed by atoms with Crippen LogP contribution in [0.1, 0.15) is 0 Å². The van der Waals surface area contributed by atoms with Crippen molar-refractivity contribution in [2.24, 2.45) is 5.11 Å². The first-order valence-corrected chi connectivity index (χ1v) is 3.92. The van der Waals surface area contributed by atoms with Crippen LogP contribution >= 0.6 is 0 Å². The van der Waals surface area contributed by atoms with Gasteiger partial charge in [0.2, 0.25) is 0 Å². The first-order chi connectivity index (χ1) is 6.61. The van der Waals surface area contributed by atoms with E-state index in [0.29, 0.717) is 0 Å². The van der Waals surface area contributed by atoms with E-state index >= 15 is 0 Å². The van der Waals surface area contributed by atoms with Crippen LogP contribution in [0, 0.1) is 0 Å². The second-order valence-corrected chi connectivity index (χ2v) is 2.88. The summed E-state index contributed by atoms with van der Waals surface area (Å²) in [5.41, 5.74) is 8.09. The summed E-state index contributed by atoms with van der Waals surface area (Å²) in [6.45, 7) is -0.595. The number of azide groups is 1. The van der Waals surface area contributed by atoms with Crippen LogP contribution in [-0.2, 0) is 4.74 Å². The molecule has 80 valence electrons. The minimum atomic E-state index is -2.00. The lowest BCUT2D eigenvalue weighted by Crippen LogP contribution is -2.56. The molecule has 0 bridgehead atoms. The fourth-order valence-corrected chi connectivity index (χ4v) is 1.25. The van der Waals surface area contributed by atoms with Crippen molar-refractivity contribution in [2.75, 3.05) is 6.61 Å². The Labute approximate surface area is 78.4 Å². The van der Waals surface area contributed by atoms with Crippen LogP contribution in [0.3, 0.4) is 0 Å². The standard InChI is InChI=1S/C6H10FN3O4/c7-3-4(9-10-8)5(12)2(1-11)14-6(3)13/h2-6,11-13H,1H2/t2-,3-,4-,5-,6+/m1/s1. The number of halogens is 1. The highest BCUT2D eigenvalue weighted by atomic mass is 19.1. The van der Waals surface area contributed by atoms with Crippen molar-refractivity contribution < 1.29 is 24.4 Å². The van der Waals surface area contributed by atoms with Gasteiger partial charge in [-0.2, -0.15) is 0 Å². The predicted molar refractivity (Wildman–Crippen MR) is 41.8 cm³/mol. The number of nitrogens with zero attached hydrogens (tertiary/aromatic N) is 3. The van der Waals surface area contributed by atoms with Gasteiger partial charge in [-0.05, 0) is 5.53 Å². The van der Waals surface area contributed by atoms with Crippen LogP contribution in [-0.4, -0.2) is 52.6 Å². The molecule has 0 aliphatic carbocycles. The van der Waals surface area contributed by atoms with E-state index in [1.165, 1.54) is 0 Å². The van der Waals surface area contributed by atoms with E-state index in [1.54, 1.807) is 0 Å². The lowest BCUT2D eigenvalue weighted by Gasteiger charge is -2.36. The molecule has 1 fully saturated rings. The van der Waals surface area contributed by atoms with Crippen LogP contribution < -0.4 is 0 Å². The molecule has 1 heterocycles. The summed E-state index contributed by atoms with van der Waals surface area (Å²) in [7, 11) is 0. The van der Waals surface area contributed by atoms with E-state index < -0.39 is 37.3 Å². The first-order valence-electron chi connectivity index (χ1n) is 3.92. The summed E-state index contributed by atoms with van der Waals surface area (Å²) in [6, 6.07) is -1.44. The van der Waals surface area contributed by atoms with Gasteiger partial charge < -0.3 is 20.1 Å². The average Bonchev–Trinajstić information content (AvgIpc) is 2.18. The molecule has 1 aliphatic heterocycles. The maximum Gasteiger partial charge on any atom is 0.187 e. The van der Waals surface area contributed by atoms with Crippen LogP contribution in [0.25, 0.3) is 10.4 Å². The van der Waals surface area contributed by atoms with E-state index in [2.05, 4.69) is 14.8 Å². The summed E-state index contributed by atoms with van der Waals surface area (Å²) < 4.78 is 17.6. The normalized spacial score (nSPS) is 43.0. The summed E-state index contributed by atoms with van der Waals surface area (Å²) in [6.07, 6.45) is -6.41. The molecule has 0 aromatic rings. The lowest BCUT2D eigenvalue weighted by molar-refractivity contribution is -0.242. The molecule has 8 heteroatoms. The highest BCUT2D eigenvalue weighted by Crippen LogP contribution is 2.24. The Kier molecular flexibility index (Phi) is 3.62. The molecule has 7 nitrogen and oxygen atoms in total. The zero-order valence-electron chi connectivity index (χ0n) is 7.06. The van der Waals surface area contributed by atoms with Gasteiger partial charge >= 0.3 is 0 Å². The molecule has 0 radical (unpaired) electrons. The third kappa shape index (κ3) is 1.94. The van der Waals surface area contributed by atoms with Crippen molar-refractivity contribution in [1.82, 2.24) is 0 Å². The zero-order chi connectivity index (χ0) is 10.7. The summed E-state index contributed by atoms with van der Waals surface area (Å²) in [4.78, 5) is 2.34. The molecule has 14 heavy (non-hydrogen) atoms. The van der Waals surface area contributed by atoms with E-state index in [9.17, 15) is 9.50 Å². The van der Waals surface area contributed by atoms with Gasteiger partial charge in [-0.3, -0.25) is 0 Å². The summed E-state index contributed by atoms with van der Waals surface area (Å²) >= 11 is 0. The fraction of sp³-hybridized carbons (Fsp3) is 1.00. The van der Waals surface area contributed by atoms with Crippen molar-refractivity contribution in [2.45, 2.75) is 30.7 Å². The summed E-state index contributed by atoms with van der Waals surface area (Å²) in [5.74, 6) is 0. The lowest BCUT2D eigenvalue weighted by atomic mass is 9.98. The maximum absolute atomic E-state index is 13.1. The number of aliphatic hydroxyl groups is 3. The Morgan fingerprint density at radius 1 is 1.50 bits per heavy atom. The van der Waals surface area contributed by atoms with Crippen molar-refractivity contribution >= 4 is 0 Å². The molecule has 0 spiro atoms. The molecule has 3 N–H and O–H groups in total. The molecule has 0 aromatic carbocycles. The molecule has 1 saturated heterocycles. The molecule has 0 saturated carbocycles. The van der Waals surface area contributed by atoms with Gasteiger partial charge in [-0.25, -0.2) is 4.39 Å². The Bertz CT molecular complexity index is 247. The second-order valence-electron chi connectivity index (χ2n) is 2.88. The molecule has 0 aromatic heterocycles. The molecule has 5 atom stereocenters. The van der Waals surface area contributed by atoms with Crippen molar-refractivity contribution in [1.29, 1.82) is 0 Å². The van der Waals surface area contributed by atoms with Crippen LogP contribution in [0.5, 0.6) is 0 Å². The van der Waals surface area contributed by atoms with E-state index in [4.69, 9.17) is 15.7 Å². The molecule has 0 amide bonds. The average molecular weight is 207 g/mol. The number of hydrogen-bond donors (Lipinski definition) is 3. The number of ether oxygens (including phenoxy) is 1. The van der Waals surface area contributed by atoms with Gasteiger partial charge in [0, 0.05) is 4.91 Å². The van der Waals surface area contributed by atoms with Gasteiger partial charge in [-0.15, -0.1) is 0 Å². The molecule has 1 rings (SSSR count). The van der Waals surface area contributed by atoms with Crippen molar-refractivity contribution in [3.8, 4) is 0 Å². The topological polar surface area (TPSA) is 119 Å². The number of hydrogen-bond acceptors (Lipinski definition) is 5. The molecular formula is C6H10FN3O4. The quantitative estimate of drug-likeness (QED) is 0.308. The van der Waals surface area contributed by atoms with Gasteiger partial charge in [0.05, 0.1) is 12.7 Å². The third-order valence-corrected chi connectivity index (χ3v) is 2.01. The largest absolute Gasteiger partial charge is 0.394 e. The highest BCUT2D eigenvalue weighted by Gasteiger charge is 2.44. The predicted octanol–water partition coefficient (Wildman–Crippen LogP) is -0.926. The van der Waals surface area contributed by atoms with Crippen LogP contribution in [0.4, 0.5) is 4.39 Å². The third-order valence-electron chi connectivity index (χ3n) is 2.01. The van der Waals surface area contributed by atoms with Gasteiger partial charge in [0.15, 0.2) is 12.5 Å². The highest BCUT2D eigenvalue weighted by molar-refractivity contribution is 4.93. The van der Waals surface area contributed by atoms with Crippen molar-refractivity contribution in [3.05, 3.63) is 10.4 Å². The Morgan fingerprint density at radius 2 is 2.14 bits per heavy atom. The van der Waals surface area contributed by atoms with Crippen LogP contribution in [0.15, 0.2) is 5.11 Å². The molecule has 0 unspecified atom stereocenters. The smallest absolute Gasteiger partial charge is 0.187 e. The Balaban J connectivity index is 2.82. The second kappa shape index (κ2) is 4.54. The van der Waals surface area contributed by atoms with Gasteiger partial charge in [0.25, 0.3) is 0 Å². The van der Waals surface area contributed by atoms with Gasteiger partial charge in [0.1, 0.15) is 12.1 Å². The van der Waals surface area contributed by atoms with Crippen molar-refractivity contribution in [3.63, 3.8) is 0 Å². The Hall–Kier alpha value is -0.920. The SMILES string of the molecule is [N-]=[N+]=N[C@H]1[C@H](O)[C@@H](CO)O[C@H](O)[C@@H]1F. The van der Waals surface area contributed by atoms with Gasteiger partial charge in [-0.1, -0.05) is 5.11 Å².